The number of aromatic nitrogens is 2. The molecule has 32 heavy (non-hydrogen) atoms. The van der Waals surface area contributed by atoms with Crippen molar-refractivity contribution < 1.29 is 18.9 Å². The number of hydrogen-bond acceptors (Lipinski definition) is 3. The summed E-state index contributed by atoms with van der Waals surface area (Å²) in [4.78, 5) is 25.0. The number of amides is 1. The molecule has 0 spiro atoms. The van der Waals surface area contributed by atoms with E-state index < -0.39 is 5.41 Å². The van der Waals surface area contributed by atoms with Crippen LogP contribution in [-0.2, 0) is 26.3 Å². The van der Waals surface area contributed by atoms with Crippen molar-refractivity contribution in [3.05, 3.63) is 90.0 Å². The number of benzene rings is 2. The van der Waals surface area contributed by atoms with Crippen LogP contribution in [0.4, 0.5) is 0 Å². The SMILES string of the molecule is COC(=O)C[n+]1ccn(C2CCC(C(C(N)=O)(c3ccccc3)c3ccccc3)C2)c1C. The second kappa shape index (κ2) is 8.99. The van der Waals surface area contributed by atoms with E-state index >= 15 is 0 Å². The highest BCUT2D eigenvalue weighted by atomic mass is 16.5. The Morgan fingerprint density at radius 1 is 1.06 bits per heavy atom. The number of methoxy groups -OCH3 is 1. The zero-order chi connectivity index (χ0) is 22.7. The van der Waals surface area contributed by atoms with Crippen molar-refractivity contribution >= 4 is 11.9 Å². The van der Waals surface area contributed by atoms with E-state index in [4.69, 9.17) is 10.5 Å². The highest BCUT2D eigenvalue weighted by molar-refractivity contribution is 5.91. The molecule has 0 bridgehead atoms. The molecule has 6 nitrogen and oxygen atoms in total. The van der Waals surface area contributed by atoms with Gasteiger partial charge in [0.25, 0.3) is 5.82 Å². The second-order valence-corrected chi connectivity index (χ2v) is 8.52. The third-order valence-electron chi connectivity index (χ3n) is 6.98. The number of esters is 1. The van der Waals surface area contributed by atoms with E-state index in [0.29, 0.717) is 0 Å². The van der Waals surface area contributed by atoms with Gasteiger partial charge in [-0.1, -0.05) is 60.7 Å². The molecule has 1 heterocycles. The fraction of sp³-hybridized carbons (Fsp3) is 0.346. The summed E-state index contributed by atoms with van der Waals surface area (Å²) in [6.45, 7) is 2.19. The summed E-state index contributed by atoms with van der Waals surface area (Å²) in [6, 6.07) is 20.1. The van der Waals surface area contributed by atoms with Gasteiger partial charge in [-0.3, -0.25) is 4.79 Å². The van der Waals surface area contributed by atoms with Crippen molar-refractivity contribution in [2.75, 3.05) is 7.11 Å². The first kappa shape index (κ1) is 21.8. The lowest BCUT2D eigenvalue weighted by Gasteiger charge is -2.37. The maximum atomic E-state index is 13.2. The van der Waals surface area contributed by atoms with Crippen LogP contribution in [0.1, 0.15) is 42.3 Å². The number of nitrogens with zero attached hydrogens (tertiary/aromatic N) is 2. The van der Waals surface area contributed by atoms with Crippen LogP contribution in [0.5, 0.6) is 0 Å². The van der Waals surface area contributed by atoms with Gasteiger partial charge in [0.05, 0.1) is 7.11 Å². The number of rotatable bonds is 7. The highest BCUT2D eigenvalue weighted by Crippen LogP contribution is 2.49. The van der Waals surface area contributed by atoms with Gasteiger partial charge in [0.15, 0.2) is 6.54 Å². The van der Waals surface area contributed by atoms with Crippen molar-refractivity contribution in [1.29, 1.82) is 0 Å². The molecule has 0 aliphatic heterocycles. The maximum absolute atomic E-state index is 13.2. The maximum Gasteiger partial charge on any atom is 0.348 e. The summed E-state index contributed by atoms with van der Waals surface area (Å²) < 4.78 is 8.92. The molecule has 0 radical (unpaired) electrons. The van der Waals surface area contributed by atoms with Crippen LogP contribution in [0.2, 0.25) is 0 Å². The summed E-state index contributed by atoms with van der Waals surface area (Å²) in [5.41, 5.74) is 7.19. The van der Waals surface area contributed by atoms with E-state index in [1.807, 2.05) is 84.5 Å². The summed E-state index contributed by atoms with van der Waals surface area (Å²) >= 11 is 0. The molecule has 2 aromatic carbocycles. The van der Waals surface area contributed by atoms with Crippen LogP contribution in [0.3, 0.4) is 0 Å². The van der Waals surface area contributed by atoms with E-state index in [1.54, 1.807) is 0 Å². The first-order valence-corrected chi connectivity index (χ1v) is 11.0. The van der Waals surface area contributed by atoms with Gasteiger partial charge in [0.2, 0.25) is 5.91 Å². The van der Waals surface area contributed by atoms with Gasteiger partial charge in [-0.25, -0.2) is 13.9 Å². The number of imidazole rings is 1. The zero-order valence-corrected chi connectivity index (χ0v) is 18.6. The average molecular weight is 433 g/mol. The third-order valence-corrected chi connectivity index (χ3v) is 6.98. The van der Waals surface area contributed by atoms with Crippen molar-refractivity contribution in [2.45, 2.75) is 44.2 Å². The fourth-order valence-corrected chi connectivity index (χ4v) is 5.40. The van der Waals surface area contributed by atoms with Crippen LogP contribution in [0.15, 0.2) is 73.1 Å². The standard InChI is InChI=1S/C26H29N3O3/c1-19-28(18-24(30)32-2)15-16-29(19)23-14-13-22(17-23)26(25(27)31,20-9-5-3-6-10-20)21-11-7-4-8-12-21/h3-12,15-16,22-23H,13-14,17-18H2,1-2H3,(H-,27,31)/p+1. The monoisotopic (exact) mass is 432 g/mol. The van der Waals surface area contributed by atoms with E-state index in [1.165, 1.54) is 7.11 Å². The Morgan fingerprint density at radius 3 is 2.19 bits per heavy atom. The summed E-state index contributed by atoms with van der Waals surface area (Å²) in [7, 11) is 1.40. The first-order valence-electron chi connectivity index (χ1n) is 11.0. The minimum atomic E-state index is -0.889. The van der Waals surface area contributed by atoms with Gasteiger partial charge in [-0.15, -0.1) is 0 Å². The van der Waals surface area contributed by atoms with Gasteiger partial charge < -0.3 is 10.5 Å². The predicted molar refractivity (Wildman–Crippen MR) is 121 cm³/mol. The van der Waals surface area contributed by atoms with Crippen LogP contribution in [0.25, 0.3) is 0 Å². The predicted octanol–water partition coefficient (Wildman–Crippen LogP) is 3.07. The normalized spacial score (nSPS) is 18.4. The molecule has 3 aromatic rings. The van der Waals surface area contributed by atoms with E-state index in [0.717, 1.165) is 36.2 Å². The zero-order valence-electron chi connectivity index (χ0n) is 18.6. The second-order valence-electron chi connectivity index (χ2n) is 8.52. The molecule has 1 saturated carbocycles. The topological polar surface area (TPSA) is 78.2 Å². The molecule has 166 valence electrons. The molecule has 4 rings (SSSR count). The Labute approximate surface area is 188 Å². The fourth-order valence-electron chi connectivity index (χ4n) is 5.40. The van der Waals surface area contributed by atoms with E-state index in [9.17, 15) is 9.59 Å². The largest absolute Gasteiger partial charge is 0.466 e. The highest BCUT2D eigenvalue weighted by Gasteiger charge is 2.51. The lowest BCUT2D eigenvalue weighted by Crippen LogP contribution is -2.47. The van der Waals surface area contributed by atoms with Crippen molar-refractivity contribution in [3.8, 4) is 0 Å². The molecule has 1 aliphatic carbocycles. The Bertz CT molecular complexity index is 1050. The molecule has 2 atom stereocenters. The molecule has 2 N–H and O–H groups in total. The van der Waals surface area contributed by atoms with Gasteiger partial charge in [-0.05, 0) is 36.3 Å². The molecule has 0 saturated heterocycles. The number of primary amides is 1. The number of nitrogens with two attached hydrogens (primary N) is 1. The van der Waals surface area contributed by atoms with Crippen LogP contribution in [0, 0.1) is 12.8 Å². The minimum absolute atomic E-state index is 0.0608. The molecule has 1 fully saturated rings. The Hall–Kier alpha value is -3.41. The molecule has 1 aromatic heterocycles. The van der Waals surface area contributed by atoms with Crippen molar-refractivity contribution in [3.63, 3.8) is 0 Å². The Kier molecular flexibility index (Phi) is 6.12. The van der Waals surface area contributed by atoms with Crippen molar-refractivity contribution in [1.82, 2.24) is 4.57 Å². The lowest BCUT2D eigenvalue weighted by molar-refractivity contribution is -0.691. The van der Waals surface area contributed by atoms with Gasteiger partial charge in [-0.2, -0.15) is 0 Å². The summed E-state index contributed by atoms with van der Waals surface area (Å²) in [5.74, 6) is 0.461. The van der Waals surface area contributed by atoms with Crippen molar-refractivity contribution in [2.24, 2.45) is 11.7 Å². The van der Waals surface area contributed by atoms with Crippen LogP contribution in [-0.4, -0.2) is 23.6 Å². The molecule has 6 heteroatoms. The quantitative estimate of drug-likeness (QED) is 0.460. The van der Waals surface area contributed by atoms with Gasteiger partial charge in [0, 0.05) is 6.92 Å². The first-order chi connectivity index (χ1) is 15.5. The van der Waals surface area contributed by atoms with Crippen LogP contribution < -0.4 is 10.3 Å². The molecule has 2 unspecified atom stereocenters. The molecular formula is C26H30N3O3+. The number of carbonyl (C=O) groups excluding carboxylic acids is 2. The lowest BCUT2D eigenvalue weighted by atomic mass is 9.64. The minimum Gasteiger partial charge on any atom is -0.466 e. The van der Waals surface area contributed by atoms with Crippen LogP contribution >= 0.6 is 0 Å². The third kappa shape index (κ3) is 3.70. The number of carbonyl (C=O) groups is 2. The van der Waals surface area contributed by atoms with Gasteiger partial charge in [0.1, 0.15) is 23.9 Å². The Balaban J connectivity index is 1.71. The number of ether oxygens (including phenoxy) is 1. The smallest absolute Gasteiger partial charge is 0.348 e. The molecular weight excluding hydrogens is 402 g/mol. The number of hydrogen-bond donors (Lipinski definition) is 1. The summed E-state index contributed by atoms with van der Waals surface area (Å²) in [5, 5.41) is 0. The Morgan fingerprint density at radius 2 is 1.66 bits per heavy atom. The van der Waals surface area contributed by atoms with Gasteiger partial charge >= 0.3 is 5.97 Å². The molecule has 1 aliphatic rings. The molecule has 1 amide bonds. The summed E-state index contributed by atoms with van der Waals surface area (Å²) in [6.07, 6.45) is 6.57. The average Bonchev–Trinajstić information content (AvgIpc) is 3.43. The van der Waals surface area contributed by atoms with E-state index in [2.05, 4.69) is 4.57 Å². The van der Waals surface area contributed by atoms with E-state index in [-0.39, 0.29) is 30.4 Å².